The van der Waals surface area contributed by atoms with E-state index in [9.17, 15) is 9.59 Å². The highest BCUT2D eigenvalue weighted by molar-refractivity contribution is 6.29. The number of amides is 3. The summed E-state index contributed by atoms with van der Waals surface area (Å²) in [7, 11) is 0. The molecule has 0 spiro atoms. The minimum Gasteiger partial charge on any atom is -0.337 e. The Kier molecular flexibility index (Phi) is 3.92. The second-order valence-electron chi connectivity index (χ2n) is 5.18. The first-order valence-electron chi connectivity index (χ1n) is 6.96. The van der Waals surface area contributed by atoms with E-state index in [4.69, 9.17) is 11.6 Å². The van der Waals surface area contributed by atoms with Crippen LogP contribution >= 0.6 is 11.6 Å². The van der Waals surface area contributed by atoms with Crippen LogP contribution in [-0.2, 0) is 0 Å². The Morgan fingerprint density at radius 2 is 2.05 bits per heavy atom. The van der Waals surface area contributed by atoms with Crippen molar-refractivity contribution in [1.82, 2.24) is 25.1 Å². The van der Waals surface area contributed by atoms with Crippen LogP contribution in [0.5, 0.6) is 0 Å². The number of hydrogen-bond donors (Lipinski definition) is 1. The third kappa shape index (κ3) is 2.92. The fourth-order valence-corrected chi connectivity index (χ4v) is 2.97. The first-order chi connectivity index (χ1) is 10.1. The van der Waals surface area contributed by atoms with Gasteiger partial charge in [0.15, 0.2) is 0 Å². The summed E-state index contributed by atoms with van der Waals surface area (Å²) in [5, 5.41) is 3.02. The summed E-state index contributed by atoms with van der Waals surface area (Å²) in [6, 6.07) is 0.211. The second kappa shape index (κ2) is 5.85. The molecule has 3 rings (SSSR count). The molecule has 0 unspecified atom stereocenters. The Balaban J connectivity index is 1.60. The maximum absolute atomic E-state index is 12.3. The summed E-state index contributed by atoms with van der Waals surface area (Å²) in [5.41, 5.74) is 0.264. The van der Waals surface area contributed by atoms with Crippen LogP contribution in [0, 0.1) is 0 Å². The number of aromatic nitrogens is 2. The molecule has 3 heterocycles. The van der Waals surface area contributed by atoms with Gasteiger partial charge < -0.3 is 15.1 Å². The predicted molar refractivity (Wildman–Crippen MR) is 76.1 cm³/mol. The van der Waals surface area contributed by atoms with Gasteiger partial charge in [-0.15, -0.1) is 0 Å². The minimum atomic E-state index is -0.158. The molecule has 0 atom stereocenters. The van der Waals surface area contributed by atoms with E-state index in [-0.39, 0.29) is 28.8 Å². The van der Waals surface area contributed by atoms with Crippen LogP contribution in [-0.4, -0.2) is 63.9 Å². The molecule has 2 aliphatic heterocycles. The highest BCUT2D eigenvalue weighted by Gasteiger charge is 2.32. The number of nitrogens with one attached hydrogen (secondary N) is 1. The third-order valence-corrected chi connectivity index (χ3v) is 4.09. The molecule has 0 saturated carbocycles. The Labute approximate surface area is 127 Å². The van der Waals surface area contributed by atoms with E-state index in [0.29, 0.717) is 19.6 Å². The molecule has 2 saturated heterocycles. The van der Waals surface area contributed by atoms with Crippen molar-refractivity contribution in [2.24, 2.45) is 0 Å². The van der Waals surface area contributed by atoms with E-state index in [1.54, 1.807) is 4.90 Å². The molecular weight excluding hydrogens is 294 g/mol. The number of piperidine rings is 1. The molecule has 0 radical (unpaired) electrons. The second-order valence-corrected chi connectivity index (χ2v) is 5.56. The maximum Gasteiger partial charge on any atom is 0.317 e. The van der Waals surface area contributed by atoms with Crippen molar-refractivity contribution >= 4 is 23.5 Å². The Morgan fingerprint density at radius 1 is 1.29 bits per heavy atom. The van der Waals surface area contributed by atoms with Crippen LogP contribution < -0.4 is 5.32 Å². The van der Waals surface area contributed by atoms with E-state index < -0.39 is 0 Å². The van der Waals surface area contributed by atoms with E-state index in [0.717, 1.165) is 19.4 Å². The summed E-state index contributed by atoms with van der Waals surface area (Å²) in [6.07, 6.45) is 4.39. The Bertz CT molecular complexity index is 559. The number of urea groups is 1. The molecular formula is C13H16ClN5O2. The maximum atomic E-state index is 12.3. The van der Waals surface area contributed by atoms with Gasteiger partial charge in [-0.1, -0.05) is 11.6 Å². The molecule has 3 amide bonds. The lowest BCUT2D eigenvalue weighted by molar-refractivity contribution is 0.0660. The molecule has 1 aromatic rings. The molecule has 0 aliphatic carbocycles. The van der Waals surface area contributed by atoms with Gasteiger partial charge in [-0.2, -0.15) is 0 Å². The van der Waals surface area contributed by atoms with Crippen molar-refractivity contribution in [2.45, 2.75) is 18.9 Å². The zero-order valence-electron chi connectivity index (χ0n) is 11.5. The van der Waals surface area contributed by atoms with Crippen molar-refractivity contribution in [1.29, 1.82) is 0 Å². The Morgan fingerprint density at radius 3 is 2.67 bits per heavy atom. The summed E-state index contributed by atoms with van der Waals surface area (Å²) in [6.45, 7) is 2.68. The van der Waals surface area contributed by atoms with Gasteiger partial charge in [0, 0.05) is 32.2 Å². The molecule has 0 bridgehead atoms. The SMILES string of the molecule is O=C(c1cncc(Cl)n1)N1CCC(N2CCNC2=O)CC1. The van der Waals surface area contributed by atoms with Crippen molar-refractivity contribution in [3.63, 3.8) is 0 Å². The summed E-state index contributed by atoms with van der Waals surface area (Å²) < 4.78 is 0. The van der Waals surface area contributed by atoms with Crippen molar-refractivity contribution < 1.29 is 9.59 Å². The number of halogens is 1. The standard InChI is InChI=1S/C13H16ClN5O2/c14-11-8-15-7-10(17-11)12(20)18-4-1-9(2-5-18)19-6-3-16-13(19)21/h7-9H,1-6H2,(H,16,21). The molecule has 2 aliphatic rings. The lowest BCUT2D eigenvalue weighted by atomic mass is 10.0. The van der Waals surface area contributed by atoms with Gasteiger partial charge in [0.25, 0.3) is 5.91 Å². The zero-order chi connectivity index (χ0) is 14.8. The molecule has 8 heteroatoms. The average Bonchev–Trinajstić information content (AvgIpc) is 2.93. The minimum absolute atomic E-state index is 0.000449. The van der Waals surface area contributed by atoms with Crippen LogP contribution in [0.25, 0.3) is 0 Å². The van der Waals surface area contributed by atoms with Gasteiger partial charge in [0.1, 0.15) is 10.8 Å². The van der Waals surface area contributed by atoms with E-state index in [2.05, 4.69) is 15.3 Å². The van der Waals surface area contributed by atoms with Gasteiger partial charge in [-0.25, -0.2) is 9.78 Å². The number of hydrogen-bond acceptors (Lipinski definition) is 4. The molecule has 21 heavy (non-hydrogen) atoms. The topological polar surface area (TPSA) is 78.4 Å². The molecule has 0 aromatic carbocycles. The first-order valence-corrected chi connectivity index (χ1v) is 7.34. The molecule has 112 valence electrons. The van der Waals surface area contributed by atoms with Gasteiger partial charge in [0.05, 0.1) is 12.4 Å². The predicted octanol–water partition coefficient (Wildman–Crippen LogP) is 0.760. The number of carbonyl (C=O) groups is 2. The van der Waals surface area contributed by atoms with Crippen LogP contribution in [0.4, 0.5) is 4.79 Å². The molecule has 1 N–H and O–H groups in total. The van der Waals surface area contributed by atoms with Crippen LogP contribution in [0.3, 0.4) is 0 Å². The van der Waals surface area contributed by atoms with Crippen LogP contribution in [0.2, 0.25) is 5.15 Å². The zero-order valence-corrected chi connectivity index (χ0v) is 12.2. The van der Waals surface area contributed by atoms with Crippen molar-refractivity contribution in [2.75, 3.05) is 26.2 Å². The number of likely N-dealkylation sites (tertiary alicyclic amines) is 1. The fourth-order valence-electron chi connectivity index (χ4n) is 2.82. The summed E-state index contributed by atoms with van der Waals surface area (Å²) in [4.78, 5) is 35.4. The quantitative estimate of drug-likeness (QED) is 0.875. The van der Waals surface area contributed by atoms with Crippen molar-refractivity contribution in [3.05, 3.63) is 23.2 Å². The highest BCUT2D eigenvalue weighted by atomic mass is 35.5. The smallest absolute Gasteiger partial charge is 0.317 e. The fraction of sp³-hybridized carbons (Fsp3) is 0.538. The van der Waals surface area contributed by atoms with Gasteiger partial charge in [-0.3, -0.25) is 9.78 Å². The summed E-state index contributed by atoms with van der Waals surface area (Å²) in [5.74, 6) is -0.158. The van der Waals surface area contributed by atoms with E-state index in [1.165, 1.54) is 12.4 Å². The lowest BCUT2D eigenvalue weighted by Crippen LogP contribution is -2.47. The van der Waals surface area contributed by atoms with Gasteiger partial charge in [-0.05, 0) is 12.8 Å². The van der Waals surface area contributed by atoms with Crippen LogP contribution in [0.1, 0.15) is 23.3 Å². The number of carbonyl (C=O) groups excluding carboxylic acids is 2. The number of nitrogens with zero attached hydrogens (tertiary/aromatic N) is 4. The normalized spacial score (nSPS) is 19.8. The average molecular weight is 310 g/mol. The Hall–Kier alpha value is -1.89. The summed E-state index contributed by atoms with van der Waals surface area (Å²) >= 11 is 5.76. The third-order valence-electron chi connectivity index (χ3n) is 3.91. The van der Waals surface area contributed by atoms with Gasteiger partial charge in [0.2, 0.25) is 0 Å². The van der Waals surface area contributed by atoms with E-state index in [1.807, 2.05) is 4.90 Å². The van der Waals surface area contributed by atoms with Gasteiger partial charge >= 0.3 is 6.03 Å². The van der Waals surface area contributed by atoms with Crippen LogP contribution in [0.15, 0.2) is 12.4 Å². The largest absolute Gasteiger partial charge is 0.337 e. The van der Waals surface area contributed by atoms with Crippen molar-refractivity contribution in [3.8, 4) is 0 Å². The molecule has 7 nitrogen and oxygen atoms in total. The monoisotopic (exact) mass is 309 g/mol. The molecule has 1 aromatic heterocycles. The molecule has 2 fully saturated rings. The number of rotatable bonds is 2. The lowest BCUT2D eigenvalue weighted by Gasteiger charge is -2.35. The first kappa shape index (κ1) is 14.1. The van der Waals surface area contributed by atoms with E-state index >= 15 is 0 Å². The highest BCUT2D eigenvalue weighted by Crippen LogP contribution is 2.19.